The molecule has 0 spiro atoms. The van der Waals surface area contributed by atoms with Crippen LogP contribution in [0.1, 0.15) is 39.3 Å². The van der Waals surface area contributed by atoms with Crippen LogP contribution in [0.4, 0.5) is 11.4 Å². The Morgan fingerprint density at radius 1 is 1.06 bits per heavy atom. The number of aromatic nitrogens is 3. The number of benzene rings is 2. The van der Waals surface area contributed by atoms with Gasteiger partial charge in [-0.05, 0) is 43.5 Å². The highest BCUT2D eigenvalue weighted by Gasteiger charge is 2.17. The first kappa shape index (κ1) is 23.0. The monoisotopic (exact) mass is 456 g/mol. The largest absolute Gasteiger partial charge is 0.369 e. The van der Waals surface area contributed by atoms with Gasteiger partial charge in [0.15, 0.2) is 5.65 Å². The molecule has 0 unspecified atom stereocenters. The molecule has 8 heteroatoms. The smallest absolute Gasteiger partial charge is 0.254 e. The standard InChI is InChI=1S/C26H28N6O2/c1-17-20(18(2)32-26(29-17)21(15-28-32)25(27)34)13-14-24(33)30-22-11-7-8-12-23(22)31(3)16-19-9-5-4-6-10-19/h4-12,15H,13-14,16H2,1-3H3,(H2,27,34)(H,30,33). The maximum atomic E-state index is 12.9. The molecule has 8 nitrogen and oxygen atoms in total. The lowest BCUT2D eigenvalue weighted by atomic mass is 10.1. The number of para-hydroxylation sites is 2. The van der Waals surface area contributed by atoms with Crippen LogP contribution in [-0.2, 0) is 17.8 Å². The second-order valence-corrected chi connectivity index (χ2v) is 8.33. The van der Waals surface area contributed by atoms with E-state index in [2.05, 4.69) is 32.4 Å². The van der Waals surface area contributed by atoms with Crippen molar-refractivity contribution in [3.63, 3.8) is 0 Å². The molecule has 0 saturated carbocycles. The molecule has 0 aliphatic carbocycles. The van der Waals surface area contributed by atoms with E-state index >= 15 is 0 Å². The first-order valence-electron chi connectivity index (χ1n) is 11.1. The average Bonchev–Trinajstić information content (AvgIpc) is 3.24. The summed E-state index contributed by atoms with van der Waals surface area (Å²) >= 11 is 0. The summed E-state index contributed by atoms with van der Waals surface area (Å²) in [6, 6.07) is 18.0. The van der Waals surface area contributed by atoms with Gasteiger partial charge in [-0.2, -0.15) is 5.10 Å². The van der Waals surface area contributed by atoms with E-state index in [1.165, 1.54) is 11.8 Å². The Bertz CT molecular complexity index is 1350. The summed E-state index contributed by atoms with van der Waals surface area (Å²) in [6.07, 6.45) is 2.21. The molecule has 4 aromatic rings. The summed E-state index contributed by atoms with van der Waals surface area (Å²) in [5.74, 6) is -0.651. The van der Waals surface area contributed by atoms with E-state index in [9.17, 15) is 9.59 Å². The maximum absolute atomic E-state index is 12.9. The Kier molecular flexibility index (Phi) is 6.58. The second kappa shape index (κ2) is 9.74. The van der Waals surface area contributed by atoms with E-state index in [0.717, 1.165) is 34.9 Å². The quantitative estimate of drug-likeness (QED) is 0.421. The van der Waals surface area contributed by atoms with Gasteiger partial charge < -0.3 is 16.0 Å². The number of amides is 2. The number of hydrogen-bond donors (Lipinski definition) is 2. The van der Waals surface area contributed by atoms with Gasteiger partial charge in [0.1, 0.15) is 5.56 Å². The lowest BCUT2D eigenvalue weighted by molar-refractivity contribution is -0.116. The molecule has 2 aromatic heterocycles. The summed E-state index contributed by atoms with van der Waals surface area (Å²) in [5, 5.41) is 7.31. The van der Waals surface area contributed by atoms with E-state index in [1.807, 2.05) is 63.4 Å². The first-order valence-corrected chi connectivity index (χ1v) is 11.1. The Labute approximate surface area is 198 Å². The van der Waals surface area contributed by atoms with Crippen molar-refractivity contribution < 1.29 is 9.59 Å². The number of primary amides is 1. The SMILES string of the molecule is Cc1nc2c(C(N)=O)cnn2c(C)c1CCC(=O)Nc1ccccc1N(C)Cc1ccccc1. The molecule has 2 heterocycles. The van der Waals surface area contributed by atoms with Gasteiger partial charge in [0.05, 0.1) is 17.6 Å². The molecule has 0 aliphatic heterocycles. The average molecular weight is 457 g/mol. The second-order valence-electron chi connectivity index (χ2n) is 8.33. The van der Waals surface area contributed by atoms with Crippen LogP contribution in [0.3, 0.4) is 0 Å². The molecule has 174 valence electrons. The first-order chi connectivity index (χ1) is 16.3. The third-order valence-electron chi connectivity index (χ3n) is 5.93. The van der Waals surface area contributed by atoms with Crippen molar-refractivity contribution in [2.75, 3.05) is 17.3 Å². The van der Waals surface area contributed by atoms with E-state index in [0.29, 0.717) is 12.1 Å². The van der Waals surface area contributed by atoms with Crippen molar-refractivity contribution in [2.45, 2.75) is 33.2 Å². The highest BCUT2D eigenvalue weighted by atomic mass is 16.2. The molecular formula is C26H28N6O2. The number of hydrogen-bond acceptors (Lipinski definition) is 5. The fraction of sp³-hybridized carbons (Fsp3) is 0.231. The van der Waals surface area contributed by atoms with Crippen LogP contribution >= 0.6 is 0 Å². The van der Waals surface area contributed by atoms with Gasteiger partial charge >= 0.3 is 0 Å². The fourth-order valence-electron chi connectivity index (χ4n) is 4.15. The number of nitrogens with two attached hydrogens (primary N) is 1. The zero-order valence-electron chi connectivity index (χ0n) is 19.6. The number of fused-ring (bicyclic) bond motifs is 1. The molecular weight excluding hydrogens is 428 g/mol. The van der Waals surface area contributed by atoms with Crippen LogP contribution in [0, 0.1) is 13.8 Å². The summed E-state index contributed by atoms with van der Waals surface area (Å²) in [6.45, 7) is 4.50. The predicted molar refractivity (Wildman–Crippen MR) is 133 cm³/mol. The molecule has 0 radical (unpaired) electrons. The molecule has 2 amide bonds. The number of carbonyl (C=O) groups excluding carboxylic acids is 2. The van der Waals surface area contributed by atoms with Crippen molar-refractivity contribution in [1.82, 2.24) is 14.6 Å². The minimum atomic E-state index is -0.565. The topological polar surface area (TPSA) is 106 Å². The molecule has 0 fully saturated rings. The van der Waals surface area contributed by atoms with Crippen LogP contribution in [0.15, 0.2) is 60.8 Å². The van der Waals surface area contributed by atoms with Crippen LogP contribution in [0.2, 0.25) is 0 Å². The molecule has 3 N–H and O–H groups in total. The van der Waals surface area contributed by atoms with Gasteiger partial charge in [0, 0.05) is 31.4 Å². The van der Waals surface area contributed by atoms with Crippen molar-refractivity contribution in [3.05, 3.63) is 88.9 Å². The molecule has 0 saturated heterocycles. The minimum Gasteiger partial charge on any atom is -0.369 e. The number of rotatable bonds is 8. The van der Waals surface area contributed by atoms with Gasteiger partial charge in [-0.1, -0.05) is 42.5 Å². The Morgan fingerprint density at radius 3 is 2.50 bits per heavy atom. The molecule has 0 bridgehead atoms. The van der Waals surface area contributed by atoms with Gasteiger partial charge in [0.25, 0.3) is 5.91 Å². The summed E-state index contributed by atoms with van der Waals surface area (Å²) in [7, 11) is 2.01. The normalized spacial score (nSPS) is 10.9. The molecule has 0 atom stereocenters. The summed E-state index contributed by atoms with van der Waals surface area (Å²) < 4.78 is 1.61. The predicted octanol–water partition coefficient (Wildman–Crippen LogP) is 3.65. The van der Waals surface area contributed by atoms with E-state index in [4.69, 9.17) is 5.73 Å². The lowest BCUT2D eigenvalue weighted by Gasteiger charge is -2.23. The van der Waals surface area contributed by atoms with E-state index in [-0.39, 0.29) is 17.9 Å². The van der Waals surface area contributed by atoms with Crippen LogP contribution in [-0.4, -0.2) is 33.5 Å². The third-order valence-corrected chi connectivity index (χ3v) is 5.93. The van der Waals surface area contributed by atoms with E-state index in [1.54, 1.807) is 4.52 Å². The van der Waals surface area contributed by atoms with Gasteiger partial charge in [-0.15, -0.1) is 0 Å². The number of anilines is 2. The number of aryl methyl sites for hydroxylation is 2. The highest BCUT2D eigenvalue weighted by Crippen LogP contribution is 2.26. The van der Waals surface area contributed by atoms with Crippen LogP contribution < -0.4 is 16.0 Å². The zero-order chi connectivity index (χ0) is 24.2. The number of nitrogens with one attached hydrogen (secondary N) is 1. The van der Waals surface area contributed by atoms with Crippen molar-refractivity contribution in [2.24, 2.45) is 5.73 Å². The highest BCUT2D eigenvalue weighted by molar-refractivity contribution is 5.98. The number of carbonyl (C=O) groups is 2. The third kappa shape index (κ3) is 4.76. The fourth-order valence-corrected chi connectivity index (χ4v) is 4.15. The Balaban J connectivity index is 1.47. The molecule has 4 rings (SSSR count). The Morgan fingerprint density at radius 2 is 1.76 bits per heavy atom. The van der Waals surface area contributed by atoms with E-state index < -0.39 is 5.91 Å². The molecule has 0 aliphatic rings. The van der Waals surface area contributed by atoms with Crippen molar-refractivity contribution in [3.8, 4) is 0 Å². The minimum absolute atomic E-state index is 0.0854. The summed E-state index contributed by atoms with van der Waals surface area (Å²) in [5.41, 5.74) is 11.6. The van der Waals surface area contributed by atoms with Gasteiger partial charge in [-0.3, -0.25) is 9.59 Å². The van der Waals surface area contributed by atoms with Crippen LogP contribution in [0.25, 0.3) is 5.65 Å². The Hall–Kier alpha value is -4.20. The van der Waals surface area contributed by atoms with Crippen LogP contribution in [0.5, 0.6) is 0 Å². The zero-order valence-corrected chi connectivity index (χ0v) is 19.6. The lowest BCUT2D eigenvalue weighted by Crippen LogP contribution is -2.20. The molecule has 2 aromatic carbocycles. The van der Waals surface area contributed by atoms with Crippen molar-refractivity contribution >= 4 is 28.8 Å². The van der Waals surface area contributed by atoms with Gasteiger partial charge in [0.2, 0.25) is 5.91 Å². The summed E-state index contributed by atoms with van der Waals surface area (Å²) in [4.78, 5) is 31.1. The van der Waals surface area contributed by atoms with Gasteiger partial charge in [-0.25, -0.2) is 9.50 Å². The maximum Gasteiger partial charge on any atom is 0.254 e. The van der Waals surface area contributed by atoms with Crippen molar-refractivity contribution in [1.29, 1.82) is 0 Å². The molecule has 34 heavy (non-hydrogen) atoms. The number of nitrogens with zero attached hydrogens (tertiary/aromatic N) is 4.